The maximum Gasteiger partial charge on any atom is 0.525 e. The predicted molar refractivity (Wildman–Crippen MR) is 104 cm³/mol. The molecule has 3 heterocycles. The molecule has 0 radical (unpaired) electrons. The summed E-state index contributed by atoms with van der Waals surface area (Å²) in [6.45, 7) is 7.70. The van der Waals surface area contributed by atoms with Gasteiger partial charge in [-0.3, -0.25) is 5.10 Å². The highest BCUT2D eigenvalue weighted by molar-refractivity contribution is 7.13. The van der Waals surface area contributed by atoms with Crippen LogP contribution in [0.25, 0.3) is 16.6 Å². The van der Waals surface area contributed by atoms with E-state index in [9.17, 15) is 0 Å². The van der Waals surface area contributed by atoms with Crippen LogP contribution in [0.4, 0.5) is 4.39 Å². The molecule has 1 aliphatic heterocycles. The summed E-state index contributed by atoms with van der Waals surface area (Å²) in [7, 11) is -0.986. The van der Waals surface area contributed by atoms with Gasteiger partial charge in [0.15, 0.2) is 0 Å². The van der Waals surface area contributed by atoms with E-state index in [1.807, 2.05) is 45.2 Å². The molecule has 138 valence electrons. The van der Waals surface area contributed by atoms with Crippen LogP contribution in [0.3, 0.4) is 0 Å². The van der Waals surface area contributed by atoms with Gasteiger partial charge in [0.1, 0.15) is 11.4 Å². The van der Waals surface area contributed by atoms with Crippen molar-refractivity contribution in [1.82, 2.24) is 10.2 Å². The summed E-state index contributed by atoms with van der Waals surface area (Å²) in [6, 6.07) is 3.99. The van der Waals surface area contributed by atoms with Crippen molar-refractivity contribution in [2.24, 2.45) is 0 Å². The lowest BCUT2D eigenvalue weighted by Gasteiger charge is -2.32. The second-order valence-electron chi connectivity index (χ2n) is 8.12. The Morgan fingerprint density at radius 2 is 2.00 bits per heavy atom. The second-order valence-corrected chi connectivity index (χ2v) is 9.07. The first-order chi connectivity index (χ1) is 12.3. The molecule has 1 saturated carbocycles. The molecule has 0 bridgehead atoms. The number of aromatic amines is 1. The molecule has 7 heteroatoms. The molecule has 2 aromatic heterocycles. The molecule has 0 atom stereocenters. The maximum atomic E-state index is 15.1. The Balaban J connectivity index is 1.70. The Morgan fingerprint density at radius 3 is 2.54 bits per heavy atom. The first-order valence-corrected chi connectivity index (χ1v) is 10.0. The number of rotatable bonds is 4. The van der Waals surface area contributed by atoms with E-state index in [1.54, 1.807) is 17.4 Å². The molecule has 26 heavy (non-hydrogen) atoms. The van der Waals surface area contributed by atoms with Crippen LogP contribution in [-0.2, 0) is 9.31 Å². The minimum atomic E-state index is -0.986. The van der Waals surface area contributed by atoms with E-state index in [1.165, 1.54) is 6.42 Å². The summed E-state index contributed by atoms with van der Waals surface area (Å²) in [5, 5.41) is 9.65. The van der Waals surface area contributed by atoms with Crippen LogP contribution in [-0.4, -0.2) is 28.5 Å². The highest BCUT2D eigenvalue weighted by Crippen LogP contribution is 2.43. The van der Waals surface area contributed by atoms with E-state index in [-0.39, 0.29) is 0 Å². The van der Waals surface area contributed by atoms with E-state index in [0.717, 1.165) is 34.7 Å². The molecule has 2 aliphatic rings. The normalized spacial score (nSPS) is 22.7. The molecule has 0 aromatic carbocycles. The first kappa shape index (κ1) is 18.0. The number of hydrogen-bond acceptors (Lipinski definition) is 4. The van der Waals surface area contributed by atoms with Gasteiger partial charge >= 0.3 is 7.12 Å². The third-order valence-corrected chi connectivity index (χ3v) is 6.74. The van der Waals surface area contributed by atoms with Gasteiger partial charge in [0.05, 0.1) is 16.1 Å². The number of thiophene rings is 1. The molecule has 2 aromatic rings. The van der Waals surface area contributed by atoms with Gasteiger partial charge in [0.25, 0.3) is 0 Å². The fourth-order valence-corrected chi connectivity index (χ4v) is 4.01. The van der Waals surface area contributed by atoms with Crippen molar-refractivity contribution < 1.29 is 13.7 Å². The molecule has 4 nitrogen and oxygen atoms in total. The standard InChI is InChI=1S/C19H24BFN2O2S/c1-18(2)19(3,4)25-20(24-18)15(21)11-13-16(12-7-5-8-12)22-23-17(13)14-9-6-10-26-14/h6,9-12H,5,7-8H2,1-4H3,(H,22,23). The SMILES string of the molecule is CC1(C)OB(C(F)=Cc2c(-c3cccs3)n[nH]c2C2CCC2)OC1(C)C. The third kappa shape index (κ3) is 2.96. The summed E-state index contributed by atoms with van der Waals surface area (Å²) in [5.74, 6) is 0.425. The lowest BCUT2D eigenvalue weighted by molar-refractivity contribution is 0.00578. The minimum Gasteiger partial charge on any atom is -0.398 e. The monoisotopic (exact) mass is 374 g/mol. The zero-order chi connectivity index (χ0) is 18.5. The zero-order valence-corrected chi connectivity index (χ0v) is 16.5. The lowest BCUT2D eigenvalue weighted by atomic mass is 9.80. The molecule has 1 aliphatic carbocycles. The van der Waals surface area contributed by atoms with E-state index in [2.05, 4.69) is 10.2 Å². The molecule has 4 rings (SSSR count). The van der Waals surface area contributed by atoms with Gasteiger partial charge in [-0.05, 0) is 58.1 Å². The van der Waals surface area contributed by atoms with E-state index in [0.29, 0.717) is 5.92 Å². The summed E-state index contributed by atoms with van der Waals surface area (Å²) in [4.78, 5) is 1.03. The minimum absolute atomic E-state index is 0.413. The van der Waals surface area contributed by atoms with Crippen molar-refractivity contribution in [3.05, 3.63) is 34.5 Å². The number of nitrogens with zero attached hydrogens (tertiary/aromatic N) is 1. The van der Waals surface area contributed by atoms with Crippen LogP contribution in [0.2, 0.25) is 0 Å². The van der Waals surface area contributed by atoms with Crippen LogP contribution < -0.4 is 0 Å². The van der Waals surface area contributed by atoms with Crippen molar-refractivity contribution in [2.45, 2.75) is 64.1 Å². The Bertz CT molecular complexity index is 809. The van der Waals surface area contributed by atoms with Crippen LogP contribution in [0.1, 0.15) is 64.1 Å². The fraction of sp³-hybridized carbons (Fsp3) is 0.526. The van der Waals surface area contributed by atoms with Gasteiger partial charge in [-0.2, -0.15) is 5.10 Å². The highest BCUT2D eigenvalue weighted by atomic mass is 32.1. The molecule has 0 amide bonds. The Hall–Kier alpha value is -1.44. The summed E-state index contributed by atoms with van der Waals surface area (Å²) in [6.07, 6.45) is 4.99. The number of aromatic nitrogens is 2. The van der Waals surface area contributed by atoms with Gasteiger partial charge in [-0.1, -0.05) is 12.5 Å². The predicted octanol–water partition coefficient (Wildman–Crippen LogP) is 5.35. The van der Waals surface area contributed by atoms with E-state index in [4.69, 9.17) is 9.31 Å². The topological polar surface area (TPSA) is 47.1 Å². The maximum absolute atomic E-state index is 15.1. The summed E-state index contributed by atoms with van der Waals surface area (Å²) < 4.78 is 26.8. The van der Waals surface area contributed by atoms with Gasteiger partial charge in [-0.25, -0.2) is 4.39 Å². The Labute approximate surface area is 157 Å². The molecular weight excluding hydrogens is 350 g/mol. The first-order valence-electron chi connectivity index (χ1n) is 9.13. The second kappa shape index (κ2) is 6.32. The van der Waals surface area contributed by atoms with Crippen LogP contribution in [0, 0.1) is 0 Å². The summed E-state index contributed by atoms with van der Waals surface area (Å²) >= 11 is 1.60. The van der Waals surface area contributed by atoms with Gasteiger partial charge in [0.2, 0.25) is 0 Å². The average Bonchev–Trinajstić information content (AvgIpc) is 3.18. The van der Waals surface area contributed by atoms with Crippen molar-refractivity contribution in [3.8, 4) is 10.6 Å². The molecule has 2 fully saturated rings. The Kier molecular flexibility index (Phi) is 4.37. The average molecular weight is 374 g/mol. The van der Waals surface area contributed by atoms with Crippen molar-refractivity contribution in [3.63, 3.8) is 0 Å². The number of hydrogen-bond donors (Lipinski definition) is 1. The summed E-state index contributed by atoms with van der Waals surface area (Å²) in [5.41, 5.74) is 1.10. The number of nitrogens with one attached hydrogen (secondary N) is 1. The van der Waals surface area contributed by atoms with Crippen LogP contribution in [0.15, 0.2) is 23.2 Å². The van der Waals surface area contributed by atoms with Gasteiger partial charge in [0, 0.05) is 17.2 Å². The lowest BCUT2D eigenvalue weighted by Crippen LogP contribution is -2.41. The molecule has 1 N–H and O–H groups in total. The van der Waals surface area contributed by atoms with Crippen molar-refractivity contribution in [2.75, 3.05) is 0 Å². The fourth-order valence-electron chi connectivity index (χ4n) is 3.28. The molecule has 1 saturated heterocycles. The molecule has 0 unspecified atom stereocenters. The molecule has 0 spiro atoms. The van der Waals surface area contributed by atoms with Crippen LogP contribution in [0.5, 0.6) is 0 Å². The smallest absolute Gasteiger partial charge is 0.398 e. The van der Waals surface area contributed by atoms with Crippen molar-refractivity contribution in [1.29, 1.82) is 0 Å². The Morgan fingerprint density at radius 1 is 1.31 bits per heavy atom. The van der Waals surface area contributed by atoms with Gasteiger partial charge in [-0.15, -0.1) is 11.3 Å². The highest BCUT2D eigenvalue weighted by Gasteiger charge is 2.53. The quantitative estimate of drug-likeness (QED) is 0.734. The third-order valence-electron chi connectivity index (χ3n) is 5.86. The number of H-pyrrole nitrogens is 1. The van der Waals surface area contributed by atoms with Gasteiger partial charge < -0.3 is 9.31 Å². The largest absolute Gasteiger partial charge is 0.525 e. The van der Waals surface area contributed by atoms with E-state index >= 15 is 4.39 Å². The van der Waals surface area contributed by atoms with Crippen molar-refractivity contribution >= 4 is 24.5 Å². The van der Waals surface area contributed by atoms with Crippen LogP contribution >= 0.6 is 11.3 Å². The molecular formula is C19H24BFN2O2S. The number of halogens is 1. The zero-order valence-electron chi connectivity index (χ0n) is 15.6. The van der Waals surface area contributed by atoms with E-state index < -0.39 is 24.0 Å².